The van der Waals surface area contributed by atoms with Crippen LogP contribution in [0.1, 0.15) is 115 Å². The van der Waals surface area contributed by atoms with Crippen molar-refractivity contribution in [3.8, 4) is 0 Å². The zero-order valence-electron chi connectivity index (χ0n) is 25.9. The van der Waals surface area contributed by atoms with Gasteiger partial charge in [-0.3, -0.25) is 0 Å². The quantitative estimate of drug-likeness (QED) is 0.132. The molecule has 5 heteroatoms. The molecule has 1 aromatic rings. The van der Waals surface area contributed by atoms with Gasteiger partial charge in [-0.05, 0) is 93.6 Å². The molecular weight excluding hydrogens is 512 g/mol. The molecule has 0 spiro atoms. The number of unbranched alkanes of at least 4 members (excludes halogenated alkanes) is 2. The summed E-state index contributed by atoms with van der Waals surface area (Å²) in [6.45, 7) is 12.8. The van der Waals surface area contributed by atoms with Crippen molar-refractivity contribution in [3.63, 3.8) is 0 Å². The number of rotatable bonds is 15. The van der Waals surface area contributed by atoms with E-state index >= 15 is 0 Å². The van der Waals surface area contributed by atoms with Crippen LogP contribution in [0.15, 0.2) is 48.6 Å². The fourth-order valence-electron chi connectivity index (χ4n) is 6.75. The van der Waals surface area contributed by atoms with Gasteiger partial charge in [-0.1, -0.05) is 82.9 Å². The number of hydrogen-bond donors (Lipinski definition) is 1. The topological polar surface area (TPSA) is 72.8 Å². The van der Waals surface area contributed by atoms with Gasteiger partial charge in [0.2, 0.25) is 0 Å². The lowest BCUT2D eigenvalue weighted by Crippen LogP contribution is -2.25. The van der Waals surface area contributed by atoms with E-state index in [1.165, 1.54) is 89.5 Å². The second-order valence-corrected chi connectivity index (χ2v) is 12.9. The first kappa shape index (κ1) is 33.1. The molecule has 0 radical (unpaired) electrons. The van der Waals surface area contributed by atoms with E-state index in [4.69, 9.17) is 9.47 Å². The van der Waals surface area contributed by atoms with Gasteiger partial charge >= 0.3 is 11.9 Å². The number of carbonyl (C=O) groups is 2. The van der Waals surface area contributed by atoms with Gasteiger partial charge in [-0.15, -0.1) is 0 Å². The molecule has 2 atom stereocenters. The summed E-state index contributed by atoms with van der Waals surface area (Å²) in [6, 6.07) is 8.82. The van der Waals surface area contributed by atoms with E-state index in [1.54, 1.807) is 6.92 Å². The van der Waals surface area contributed by atoms with Crippen molar-refractivity contribution in [2.24, 2.45) is 23.7 Å². The van der Waals surface area contributed by atoms with Crippen LogP contribution in [0.5, 0.6) is 0 Å². The van der Waals surface area contributed by atoms with E-state index in [-0.39, 0.29) is 24.7 Å². The van der Waals surface area contributed by atoms with Gasteiger partial charge in [0.1, 0.15) is 0 Å². The summed E-state index contributed by atoms with van der Waals surface area (Å²) in [5, 5.41) is 9.61. The van der Waals surface area contributed by atoms with Crippen molar-refractivity contribution in [1.82, 2.24) is 0 Å². The van der Waals surface area contributed by atoms with Crippen molar-refractivity contribution in [3.05, 3.63) is 59.7 Å². The zero-order valence-corrected chi connectivity index (χ0v) is 25.9. The summed E-state index contributed by atoms with van der Waals surface area (Å²) in [6.07, 6.45) is 16.3. The van der Waals surface area contributed by atoms with Crippen LogP contribution in [0, 0.1) is 23.7 Å². The van der Waals surface area contributed by atoms with E-state index in [2.05, 4.69) is 44.3 Å². The van der Waals surface area contributed by atoms with Crippen molar-refractivity contribution in [2.75, 3.05) is 13.2 Å². The van der Waals surface area contributed by atoms with Gasteiger partial charge in [-0.25, -0.2) is 9.59 Å². The Labute approximate surface area is 248 Å². The highest BCUT2D eigenvalue weighted by Crippen LogP contribution is 2.44. The Hall–Kier alpha value is -2.40. The normalized spacial score (nSPS) is 24.2. The molecular formula is C36H54O5. The third kappa shape index (κ3) is 10.7. The second kappa shape index (κ2) is 16.9. The molecule has 228 valence electrons. The van der Waals surface area contributed by atoms with E-state index in [0.717, 1.165) is 23.3 Å². The first-order valence-electron chi connectivity index (χ1n) is 16.1. The molecule has 1 aromatic carbocycles. The van der Waals surface area contributed by atoms with Crippen LogP contribution in [0.25, 0.3) is 0 Å². The summed E-state index contributed by atoms with van der Waals surface area (Å²) in [4.78, 5) is 24.2. The minimum Gasteiger partial charge on any atom is -0.462 e. The molecule has 2 fully saturated rings. The summed E-state index contributed by atoms with van der Waals surface area (Å²) < 4.78 is 10.8. The van der Waals surface area contributed by atoms with Gasteiger partial charge in [-0.2, -0.15) is 0 Å². The molecule has 41 heavy (non-hydrogen) atoms. The minimum absolute atomic E-state index is 0.0110. The Kier molecular flexibility index (Phi) is 13.6. The number of benzene rings is 1. The highest BCUT2D eigenvalue weighted by atomic mass is 16.5. The predicted molar refractivity (Wildman–Crippen MR) is 165 cm³/mol. The molecule has 5 nitrogen and oxygen atoms in total. The van der Waals surface area contributed by atoms with Crippen LogP contribution >= 0.6 is 0 Å². The standard InChI is InChI=1S/C36H54O5/c1-6-7-8-9-28-10-14-31(15-11-28)33-18-20-34(21-19-33)32-16-12-29(13-17-32)22-30(23-40-35(38)25(2)3)24-41-36(39)26(4)27(5)37/h12-13,16-17,27-28,30-31,33-34,37H,2,4,6-11,14-15,18-24H2,1,3,5H3. The molecule has 2 aliphatic carbocycles. The Morgan fingerprint density at radius 1 is 0.878 bits per heavy atom. The van der Waals surface area contributed by atoms with Crippen LogP contribution in [0.2, 0.25) is 0 Å². The Balaban J connectivity index is 1.48. The molecule has 0 bridgehead atoms. The maximum atomic E-state index is 12.2. The molecule has 0 saturated heterocycles. The minimum atomic E-state index is -0.972. The van der Waals surface area contributed by atoms with Crippen LogP contribution in [-0.4, -0.2) is 36.4 Å². The van der Waals surface area contributed by atoms with Crippen molar-refractivity contribution < 1.29 is 24.2 Å². The molecule has 0 heterocycles. The van der Waals surface area contributed by atoms with Crippen LogP contribution < -0.4 is 0 Å². The predicted octanol–water partition coefficient (Wildman–Crippen LogP) is 8.11. The van der Waals surface area contributed by atoms with Crippen LogP contribution in [0.3, 0.4) is 0 Å². The molecule has 2 aliphatic rings. The Bertz CT molecular complexity index is 978. The number of ether oxygens (including phenoxy) is 2. The van der Waals surface area contributed by atoms with Crippen LogP contribution in [0.4, 0.5) is 0 Å². The lowest BCUT2D eigenvalue weighted by atomic mass is 9.68. The first-order valence-corrected chi connectivity index (χ1v) is 16.1. The van der Waals surface area contributed by atoms with Gasteiger partial charge in [0.05, 0.1) is 24.9 Å². The lowest BCUT2D eigenvalue weighted by molar-refractivity contribution is -0.144. The van der Waals surface area contributed by atoms with Gasteiger partial charge < -0.3 is 14.6 Å². The Morgan fingerprint density at radius 2 is 1.44 bits per heavy atom. The van der Waals surface area contributed by atoms with Gasteiger partial charge in [0, 0.05) is 11.5 Å². The van der Waals surface area contributed by atoms with Gasteiger partial charge in [0.15, 0.2) is 0 Å². The first-order chi connectivity index (χ1) is 19.7. The molecule has 0 amide bonds. The number of aliphatic hydroxyl groups is 1. The summed E-state index contributed by atoms with van der Waals surface area (Å²) in [5.74, 6) is 2.17. The maximum absolute atomic E-state index is 12.2. The van der Waals surface area contributed by atoms with Crippen LogP contribution in [-0.2, 0) is 25.5 Å². The van der Waals surface area contributed by atoms with Crippen molar-refractivity contribution in [2.45, 2.75) is 116 Å². The number of carbonyl (C=O) groups excluding carboxylic acids is 2. The summed E-state index contributed by atoms with van der Waals surface area (Å²) in [5.41, 5.74) is 2.87. The SMILES string of the molecule is C=C(C)C(=O)OCC(COC(=O)C(=C)C(C)O)Cc1ccc(C2CCC(C3CCC(CCCCC)CC3)CC2)cc1. The third-order valence-electron chi connectivity index (χ3n) is 9.54. The number of esters is 2. The van der Waals surface area contributed by atoms with Gasteiger partial charge in [0.25, 0.3) is 0 Å². The largest absolute Gasteiger partial charge is 0.462 e. The summed E-state index contributed by atoms with van der Waals surface area (Å²) in [7, 11) is 0. The van der Waals surface area contributed by atoms with E-state index in [9.17, 15) is 14.7 Å². The summed E-state index contributed by atoms with van der Waals surface area (Å²) >= 11 is 0. The molecule has 0 aliphatic heterocycles. The highest BCUT2D eigenvalue weighted by molar-refractivity contribution is 5.88. The molecule has 3 rings (SSSR count). The molecule has 0 aromatic heterocycles. The second-order valence-electron chi connectivity index (χ2n) is 12.9. The number of hydrogen-bond acceptors (Lipinski definition) is 5. The van der Waals surface area contributed by atoms with Crippen molar-refractivity contribution >= 4 is 11.9 Å². The van der Waals surface area contributed by atoms with E-state index in [0.29, 0.717) is 17.9 Å². The van der Waals surface area contributed by atoms with Crippen molar-refractivity contribution in [1.29, 1.82) is 0 Å². The maximum Gasteiger partial charge on any atom is 0.336 e. The average molecular weight is 567 g/mol. The number of aliphatic hydroxyl groups excluding tert-OH is 1. The third-order valence-corrected chi connectivity index (χ3v) is 9.54. The molecule has 2 saturated carbocycles. The van der Waals surface area contributed by atoms with E-state index in [1.807, 2.05) is 0 Å². The smallest absolute Gasteiger partial charge is 0.336 e. The molecule has 2 unspecified atom stereocenters. The lowest BCUT2D eigenvalue weighted by Gasteiger charge is -2.38. The Morgan fingerprint density at radius 3 is 1.98 bits per heavy atom. The molecule has 1 N–H and O–H groups in total. The average Bonchev–Trinajstić information content (AvgIpc) is 2.98. The monoisotopic (exact) mass is 566 g/mol. The van der Waals surface area contributed by atoms with E-state index < -0.39 is 18.0 Å². The zero-order chi connectivity index (χ0) is 29.8. The fourth-order valence-corrected chi connectivity index (χ4v) is 6.75. The highest BCUT2D eigenvalue weighted by Gasteiger charge is 2.31. The fraction of sp³-hybridized carbons (Fsp3) is 0.667.